The van der Waals surface area contributed by atoms with E-state index in [0.717, 1.165) is 19.3 Å². The van der Waals surface area contributed by atoms with E-state index in [-0.39, 0.29) is 11.8 Å². The van der Waals surface area contributed by atoms with Gasteiger partial charge in [-0.25, -0.2) is 8.42 Å². The second-order valence-corrected chi connectivity index (χ2v) is 5.58. The third-order valence-corrected chi connectivity index (χ3v) is 2.77. The van der Waals surface area contributed by atoms with Crippen molar-refractivity contribution in [1.29, 1.82) is 0 Å². The summed E-state index contributed by atoms with van der Waals surface area (Å²) < 4.78 is 21.5. The molecular formula is C8H19NO2S. The standard InChI is InChI=1S/C8H19NO2S/c1-3-4-5-8(9)6-7-12(2,10)11/h8H,3-7,9H2,1-2H3/t8-/m1/s1. The molecule has 0 unspecified atom stereocenters. The van der Waals surface area contributed by atoms with Crippen LogP contribution in [0.5, 0.6) is 0 Å². The predicted octanol–water partition coefficient (Wildman–Crippen LogP) is 0.939. The van der Waals surface area contributed by atoms with Crippen molar-refractivity contribution in [2.45, 2.75) is 38.6 Å². The third-order valence-electron chi connectivity index (χ3n) is 1.79. The molecule has 1 atom stereocenters. The SMILES string of the molecule is CCCC[C@@H](N)CCS(C)(=O)=O. The van der Waals surface area contributed by atoms with Crippen LogP contribution in [-0.2, 0) is 9.84 Å². The van der Waals surface area contributed by atoms with Crippen molar-refractivity contribution in [3.05, 3.63) is 0 Å². The summed E-state index contributed by atoms with van der Waals surface area (Å²) in [5.74, 6) is 0.220. The number of rotatable bonds is 6. The van der Waals surface area contributed by atoms with Gasteiger partial charge in [0.1, 0.15) is 9.84 Å². The molecule has 0 aromatic rings. The lowest BCUT2D eigenvalue weighted by Crippen LogP contribution is -2.23. The lowest BCUT2D eigenvalue weighted by atomic mass is 10.1. The maximum atomic E-state index is 10.8. The maximum Gasteiger partial charge on any atom is 0.147 e. The van der Waals surface area contributed by atoms with Crippen LogP contribution in [0, 0.1) is 0 Å². The molecule has 0 saturated heterocycles. The molecule has 0 amide bonds. The molecule has 0 radical (unpaired) electrons. The minimum atomic E-state index is -2.82. The van der Waals surface area contributed by atoms with E-state index in [1.165, 1.54) is 6.26 Å². The monoisotopic (exact) mass is 193 g/mol. The summed E-state index contributed by atoms with van der Waals surface area (Å²) in [5, 5.41) is 0. The zero-order valence-corrected chi connectivity index (χ0v) is 8.73. The summed E-state index contributed by atoms with van der Waals surface area (Å²) in [6, 6.07) is 0.0553. The molecule has 0 aliphatic rings. The Labute approximate surface area is 75.3 Å². The van der Waals surface area contributed by atoms with Gasteiger partial charge in [-0.15, -0.1) is 0 Å². The summed E-state index contributed by atoms with van der Waals surface area (Å²) >= 11 is 0. The zero-order chi connectivity index (χ0) is 9.61. The van der Waals surface area contributed by atoms with Crippen molar-refractivity contribution < 1.29 is 8.42 Å². The van der Waals surface area contributed by atoms with E-state index < -0.39 is 9.84 Å². The Kier molecular flexibility index (Phi) is 5.50. The number of unbranched alkanes of at least 4 members (excludes halogenated alkanes) is 1. The Morgan fingerprint density at radius 3 is 2.33 bits per heavy atom. The van der Waals surface area contributed by atoms with Crippen LogP contribution in [0.2, 0.25) is 0 Å². The highest BCUT2D eigenvalue weighted by molar-refractivity contribution is 7.90. The Balaban J connectivity index is 3.51. The van der Waals surface area contributed by atoms with E-state index in [9.17, 15) is 8.42 Å². The molecule has 0 rings (SSSR count). The van der Waals surface area contributed by atoms with E-state index >= 15 is 0 Å². The van der Waals surface area contributed by atoms with Crippen LogP contribution in [0.4, 0.5) is 0 Å². The first-order chi connectivity index (χ1) is 5.45. The number of sulfone groups is 1. The zero-order valence-electron chi connectivity index (χ0n) is 7.91. The molecule has 74 valence electrons. The molecule has 0 saturated carbocycles. The molecule has 0 fully saturated rings. The van der Waals surface area contributed by atoms with Crippen molar-refractivity contribution in [2.24, 2.45) is 5.73 Å². The Morgan fingerprint density at radius 2 is 1.92 bits per heavy atom. The molecule has 0 aromatic heterocycles. The fraction of sp³-hybridized carbons (Fsp3) is 1.00. The predicted molar refractivity (Wildman–Crippen MR) is 51.8 cm³/mol. The largest absolute Gasteiger partial charge is 0.328 e. The van der Waals surface area contributed by atoms with Gasteiger partial charge in [0, 0.05) is 12.3 Å². The van der Waals surface area contributed by atoms with Crippen molar-refractivity contribution in [3.63, 3.8) is 0 Å². The number of hydrogen-bond donors (Lipinski definition) is 1. The molecule has 0 spiro atoms. The van der Waals surface area contributed by atoms with Crippen molar-refractivity contribution in [1.82, 2.24) is 0 Å². The quantitative estimate of drug-likeness (QED) is 0.683. The van der Waals surface area contributed by atoms with Gasteiger partial charge >= 0.3 is 0 Å². The fourth-order valence-corrected chi connectivity index (χ4v) is 1.71. The van der Waals surface area contributed by atoms with E-state index in [4.69, 9.17) is 5.73 Å². The Hall–Kier alpha value is -0.0900. The highest BCUT2D eigenvalue weighted by Gasteiger charge is 2.06. The molecule has 0 bridgehead atoms. The third kappa shape index (κ3) is 8.01. The summed E-state index contributed by atoms with van der Waals surface area (Å²) in [4.78, 5) is 0. The van der Waals surface area contributed by atoms with Crippen molar-refractivity contribution in [2.75, 3.05) is 12.0 Å². The van der Waals surface area contributed by atoms with Gasteiger partial charge in [-0.05, 0) is 12.8 Å². The minimum Gasteiger partial charge on any atom is -0.328 e. The Morgan fingerprint density at radius 1 is 1.33 bits per heavy atom. The van der Waals surface area contributed by atoms with Crippen LogP contribution in [0.25, 0.3) is 0 Å². The molecule has 12 heavy (non-hydrogen) atoms. The van der Waals surface area contributed by atoms with Gasteiger partial charge in [0.15, 0.2) is 0 Å². The highest BCUT2D eigenvalue weighted by Crippen LogP contribution is 2.02. The minimum absolute atomic E-state index is 0.0553. The Bertz CT molecular complexity index is 199. The number of nitrogens with two attached hydrogens (primary N) is 1. The van der Waals surface area contributed by atoms with E-state index in [0.29, 0.717) is 6.42 Å². The van der Waals surface area contributed by atoms with E-state index in [1.54, 1.807) is 0 Å². The van der Waals surface area contributed by atoms with Gasteiger partial charge in [-0.3, -0.25) is 0 Å². The summed E-state index contributed by atoms with van der Waals surface area (Å²) in [6.45, 7) is 2.10. The van der Waals surface area contributed by atoms with Gasteiger partial charge in [-0.2, -0.15) is 0 Å². The fourth-order valence-electron chi connectivity index (χ4n) is 0.976. The summed E-state index contributed by atoms with van der Waals surface area (Å²) in [6.07, 6.45) is 4.99. The summed E-state index contributed by atoms with van der Waals surface area (Å²) in [5.41, 5.74) is 5.70. The van der Waals surface area contributed by atoms with Gasteiger partial charge in [0.2, 0.25) is 0 Å². The lowest BCUT2D eigenvalue weighted by Gasteiger charge is -2.08. The van der Waals surface area contributed by atoms with E-state index in [1.807, 2.05) is 0 Å². The van der Waals surface area contributed by atoms with Crippen LogP contribution in [0.15, 0.2) is 0 Å². The first-order valence-corrected chi connectivity index (χ1v) is 6.45. The topological polar surface area (TPSA) is 60.2 Å². The normalized spacial score (nSPS) is 14.6. The van der Waals surface area contributed by atoms with Gasteiger partial charge in [0.05, 0.1) is 5.75 Å². The smallest absolute Gasteiger partial charge is 0.147 e. The van der Waals surface area contributed by atoms with Crippen molar-refractivity contribution in [3.8, 4) is 0 Å². The first-order valence-electron chi connectivity index (χ1n) is 4.39. The van der Waals surface area contributed by atoms with Crippen LogP contribution in [0.1, 0.15) is 32.6 Å². The van der Waals surface area contributed by atoms with Crippen molar-refractivity contribution >= 4 is 9.84 Å². The lowest BCUT2D eigenvalue weighted by molar-refractivity contribution is 0.551. The molecule has 4 heteroatoms. The molecule has 3 nitrogen and oxygen atoms in total. The molecule has 0 aliphatic carbocycles. The second-order valence-electron chi connectivity index (χ2n) is 3.32. The average molecular weight is 193 g/mol. The van der Waals surface area contributed by atoms with Gasteiger partial charge < -0.3 is 5.73 Å². The van der Waals surface area contributed by atoms with Crippen LogP contribution < -0.4 is 5.73 Å². The van der Waals surface area contributed by atoms with Gasteiger partial charge in [0.25, 0.3) is 0 Å². The molecule has 0 aromatic carbocycles. The van der Waals surface area contributed by atoms with Crippen LogP contribution >= 0.6 is 0 Å². The maximum absolute atomic E-state index is 10.8. The molecule has 0 heterocycles. The molecule has 2 N–H and O–H groups in total. The summed E-state index contributed by atoms with van der Waals surface area (Å²) in [7, 11) is -2.82. The average Bonchev–Trinajstić information content (AvgIpc) is 1.95. The molecule has 0 aliphatic heterocycles. The van der Waals surface area contributed by atoms with Crippen LogP contribution in [0.3, 0.4) is 0 Å². The number of hydrogen-bond acceptors (Lipinski definition) is 3. The highest BCUT2D eigenvalue weighted by atomic mass is 32.2. The second kappa shape index (κ2) is 5.54. The van der Waals surface area contributed by atoms with Crippen LogP contribution in [-0.4, -0.2) is 26.5 Å². The van der Waals surface area contributed by atoms with Gasteiger partial charge in [-0.1, -0.05) is 19.8 Å². The molecular weight excluding hydrogens is 174 g/mol. The first kappa shape index (κ1) is 11.9. The van der Waals surface area contributed by atoms with E-state index in [2.05, 4.69) is 6.92 Å².